The molecule has 1 unspecified atom stereocenters. The fourth-order valence-electron chi connectivity index (χ4n) is 3.77. The molecule has 3 aromatic rings. The molecule has 0 fully saturated rings. The average Bonchev–Trinajstić information content (AvgIpc) is 2.72. The lowest BCUT2D eigenvalue weighted by atomic mass is 9.87. The van der Waals surface area contributed by atoms with E-state index in [1.54, 1.807) is 49.5 Å². The summed E-state index contributed by atoms with van der Waals surface area (Å²) in [5, 5.41) is 0.534. The van der Waals surface area contributed by atoms with Crippen molar-refractivity contribution in [3.63, 3.8) is 0 Å². The van der Waals surface area contributed by atoms with Crippen molar-refractivity contribution < 1.29 is 18.7 Å². The van der Waals surface area contributed by atoms with Crippen LogP contribution >= 0.6 is 11.6 Å². The first-order valence-corrected chi connectivity index (χ1v) is 9.47. The van der Waals surface area contributed by atoms with E-state index in [1.165, 1.54) is 12.1 Å². The standard InChI is InChI=1S/C23H19ClFNO3/c1-28-20-10-15-11-22(27)26(18-5-3-4-16(24)12-18)23(19(15)13-21(20)29-2)14-6-8-17(25)9-7-14/h3-10,12-13,23H,11H2,1-2H3. The molecule has 148 valence electrons. The monoisotopic (exact) mass is 411 g/mol. The molecule has 0 N–H and O–H groups in total. The van der Waals surface area contributed by atoms with Crippen LogP contribution in [0.3, 0.4) is 0 Å². The molecule has 0 radical (unpaired) electrons. The average molecular weight is 412 g/mol. The van der Waals surface area contributed by atoms with Crippen LogP contribution in [-0.2, 0) is 11.2 Å². The molecular formula is C23H19ClFNO3. The highest BCUT2D eigenvalue weighted by Crippen LogP contribution is 2.43. The maximum Gasteiger partial charge on any atom is 0.232 e. The molecule has 0 aromatic heterocycles. The number of ether oxygens (including phenoxy) is 2. The van der Waals surface area contributed by atoms with Gasteiger partial charge in [0.2, 0.25) is 5.91 Å². The highest BCUT2D eigenvalue weighted by Gasteiger charge is 2.36. The molecule has 1 aliphatic rings. The van der Waals surface area contributed by atoms with E-state index in [4.69, 9.17) is 21.1 Å². The summed E-state index contributed by atoms with van der Waals surface area (Å²) < 4.78 is 24.5. The molecule has 4 nitrogen and oxygen atoms in total. The predicted molar refractivity (Wildman–Crippen MR) is 110 cm³/mol. The molecule has 0 saturated carbocycles. The van der Waals surface area contributed by atoms with E-state index < -0.39 is 6.04 Å². The van der Waals surface area contributed by atoms with E-state index in [0.29, 0.717) is 22.2 Å². The molecule has 0 saturated heterocycles. The molecule has 0 bridgehead atoms. The Bertz CT molecular complexity index is 1070. The quantitative estimate of drug-likeness (QED) is 0.594. The van der Waals surface area contributed by atoms with E-state index in [2.05, 4.69) is 0 Å². The van der Waals surface area contributed by atoms with E-state index in [-0.39, 0.29) is 18.1 Å². The van der Waals surface area contributed by atoms with Gasteiger partial charge in [0.15, 0.2) is 11.5 Å². The molecule has 3 aromatic carbocycles. The fourth-order valence-corrected chi connectivity index (χ4v) is 3.95. The van der Waals surface area contributed by atoms with Crippen LogP contribution in [0.25, 0.3) is 0 Å². The number of hydrogen-bond donors (Lipinski definition) is 0. The van der Waals surface area contributed by atoms with Gasteiger partial charge in [0, 0.05) is 10.7 Å². The smallest absolute Gasteiger partial charge is 0.232 e. The minimum Gasteiger partial charge on any atom is -0.493 e. The van der Waals surface area contributed by atoms with E-state index >= 15 is 0 Å². The zero-order valence-corrected chi connectivity index (χ0v) is 16.7. The second-order valence-electron chi connectivity index (χ2n) is 6.78. The summed E-state index contributed by atoms with van der Waals surface area (Å²) in [4.78, 5) is 14.9. The molecule has 29 heavy (non-hydrogen) atoms. The summed E-state index contributed by atoms with van der Waals surface area (Å²) in [6.45, 7) is 0. The second kappa shape index (κ2) is 7.76. The summed E-state index contributed by atoms with van der Waals surface area (Å²) in [5.74, 6) is 0.714. The maximum atomic E-state index is 13.6. The lowest BCUT2D eigenvalue weighted by Gasteiger charge is -2.38. The van der Waals surface area contributed by atoms with Gasteiger partial charge in [0.25, 0.3) is 0 Å². The van der Waals surface area contributed by atoms with Crippen molar-refractivity contribution in [2.24, 2.45) is 0 Å². The van der Waals surface area contributed by atoms with Crippen LogP contribution < -0.4 is 14.4 Å². The van der Waals surface area contributed by atoms with Gasteiger partial charge >= 0.3 is 0 Å². The van der Waals surface area contributed by atoms with Crippen LogP contribution in [0.5, 0.6) is 11.5 Å². The number of nitrogens with zero attached hydrogens (tertiary/aromatic N) is 1. The Kier molecular flexibility index (Phi) is 5.16. The number of hydrogen-bond acceptors (Lipinski definition) is 3. The summed E-state index contributed by atoms with van der Waals surface area (Å²) >= 11 is 6.19. The van der Waals surface area contributed by atoms with Crippen LogP contribution in [0.15, 0.2) is 60.7 Å². The van der Waals surface area contributed by atoms with Crippen LogP contribution in [0, 0.1) is 5.82 Å². The number of rotatable bonds is 4. The molecule has 6 heteroatoms. The number of fused-ring (bicyclic) bond motifs is 1. The Morgan fingerprint density at radius 3 is 2.34 bits per heavy atom. The Morgan fingerprint density at radius 2 is 1.69 bits per heavy atom. The van der Waals surface area contributed by atoms with E-state index in [9.17, 15) is 9.18 Å². The molecular weight excluding hydrogens is 393 g/mol. The lowest BCUT2D eigenvalue weighted by Crippen LogP contribution is -2.41. The molecule has 1 atom stereocenters. The Balaban J connectivity index is 1.95. The highest BCUT2D eigenvalue weighted by molar-refractivity contribution is 6.31. The molecule has 1 amide bonds. The normalized spacial score (nSPS) is 15.8. The molecule has 4 rings (SSSR count). The van der Waals surface area contributed by atoms with Gasteiger partial charge in [-0.25, -0.2) is 4.39 Å². The first kappa shape index (κ1) is 19.3. The SMILES string of the molecule is COc1cc2c(cc1OC)C(c1ccc(F)cc1)N(c1cccc(Cl)c1)C(=O)C2. The second-order valence-corrected chi connectivity index (χ2v) is 7.22. The van der Waals surface area contributed by atoms with Crippen LogP contribution in [-0.4, -0.2) is 20.1 Å². The Labute approximate surface area is 173 Å². The highest BCUT2D eigenvalue weighted by atomic mass is 35.5. The number of carbonyl (C=O) groups excluding carboxylic acids is 1. The minimum atomic E-state index is -0.454. The predicted octanol–water partition coefficient (Wildman–Crippen LogP) is 5.18. The minimum absolute atomic E-state index is 0.0821. The van der Waals surface area contributed by atoms with Crippen molar-refractivity contribution in [1.29, 1.82) is 0 Å². The summed E-state index contributed by atoms with van der Waals surface area (Å²) in [5.41, 5.74) is 3.21. The molecule has 1 heterocycles. The van der Waals surface area contributed by atoms with Gasteiger partial charge in [-0.3, -0.25) is 4.79 Å². The van der Waals surface area contributed by atoms with Crippen LogP contribution in [0.2, 0.25) is 5.02 Å². The summed E-state index contributed by atoms with van der Waals surface area (Å²) in [6, 6.07) is 16.6. The number of carbonyl (C=O) groups is 1. The Hall–Kier alpha value is -3.05. The first-order chi connectivity index (χ1) is 14.0. The topological polar surface area (TPSA) is 38.8 Å². The third-order valence-electron chi connectivity index (χ3n) is 5.08. The van der Waals surface area contributed by atoms with E-state index in [0.717, 1.165) is 16.7 Å². The Morgan fingerprint density at radius 1 is 1.00 bits per heavy atom. The first-order valence-electron chi connectivity index (χ1n) is 9.09. The van der Waals surface area contributed by atoms with Crippen molar-refractivity contribution in [1.82, 2.24) is 0 Å². The van der Waals surface area contributed by atoms with Crippen LogP contribution in [0.1, 0.15) is 22.7 Å². The summed E-state index contributed by atoms with van der Waals surface area (Å²) in [7, 11) is 3.13. The van der Waals surface area contributed by atoms with Gasteiger partial charge in [-0.05, 0) is 59.2 Å². The van der Waals surface area contributed by atoms with Gasteiger partial charge in [-0.1, -0.05) is 29.8 Å². The number of methoxy groups -OCH3 is 2. The number of amides is 1. The van der Waals surface area contributed by atoms with Crippen molar-refractivity contribution in [2.45, 2.75) is 12.5 Å². The molecule has 0 aliphatic carbocycles. The fraction of sp³-hybridized carbons (Fsp3) is 0.174. The third kappa shape index (κ3) is 3.54. The molecule has 1 aliphatic heterocycles. The third-order valence-corrected chi connectivity index (χ3v) is 5.32. The number of benzene rings is 3. The summed E-state index contributed by atoms with van der Waals surface area (Å²) in [6.07, 6.45) is 0.208. The van der Waals surface area contributed by atoms with Crippen molar-refractivity contribution in [3.8, 4) is 11.5 Å². The largest absolute Gasteiger partial charge is 0.493 e. The molecule has 0 spiro atoms. The zero-order chi connectivity index (χ0) is 20.5. The maximum absolute atomic E-state index is 13.6. The van der Waals surface area contributed by atoms with Gasteiger partial charge in [0.05, 0.1) is 26.7 Å². The number of halogens is 2. The lowest BCUT2D eigenvalue weighted by molar-refractivity contribution is -0.118. The van der Waals surface area contributed by atoms with Crippen molar-refractivity contribution in [2.75, 3.05) is 19.1 Å². The van der Waals surface area contributed by atoms with Crippen molar-refractivity contribution in [3.05, 3.63) is 88.2 Å². The van der Waals surface area contributed by atoms with Gasteiger partial charge in [-0.15, -0.1) is 0 Å². The van der Waals surface area contributed by atoms with E-state index in [1.807, 2.05) is 18.2 Å². The zero-order valence-electron chi connectivity index (χ0n) is 16.0. The van der Waals surface area contributed by atoms with Gasteiger partial charge in [0.1, 0.15) is 5.82 Å². The van der Waals surface area contributed by atoms with Crippen LogP contribution in [0.4, 0.5) is 10.1 Å². The number of anilines is 1. The van der Waals surface area contributed by atoms with Gasteiger partial charge in [-0.2, -0.15) is 0 Å². The van der Waals surface area contributed by atoms with Crippen molar-refractivity contribution >= 4 is 23.2 Å². The van der Waals surface area contributed by atoms with Gasteiger partial charge < -0.3 is 14.4 Å².